The van der Waals surface area contributed by atoms with Gasteiger partial charge in [0.05, 0.1) is 29.6 Å². The van der Waals surface area contributed by atoms with E-state index in [2.05, 4.69) is 25.3 Å². The number of nitrogens with one attached hydrogen (secondary N) is 1. The summed E-state index contributed by atoms with van der Waals surface area (Å²) in [5, 5.41) is 2.96. The van der Waals surface area contributed by atoms with Gasteiger partial charge < -0.3 is 9.88 Å². The molecule has 1 atom stereocenters. The molecule has 10 heteroatoms. The van der Waals surface area contributed by atoms with Gasteiger partial charge in [0.1, 0.15) is 22.7 Å². The first-order valence-corrected chi connectivity index (χ1v) is 9.69. The monoisotopic (exact) mass is 418 g/mol. The Kier molecular flexibility index (Phi) is 4.95. The van der Waals surface area contributed by atoms with Crippen LogP contribution in [0, 0.1) is 12.8 Å². The predicted molar refractivity (Wildman–Crippen MR) is 103 cm³/mol. The zero-order valence-electron chi connectivity index (χ0n) is 16.7. The molecule has 0 bridgehead atoms. The molecule has 158 valence electrons. The van der Waals surface area contributed by atoms with Crippen molar-refractivity contribution in [1.82, 2.24) is 29.8 Å². The molecule has 3 aromatic rings. The Morgan fingerprint density at radius 1 is 1.17 bits per heavy atom. The molecule has 0 saturated heterocycles. The van der Waals surface area contributed by atoms with Crippen molar-refractivity contribution in [3.05, 3.63) is 47.6 Å². The lowest BCUT2D eigenvalue weighted by atomic mass is 10.1. The van der Waals surface area contributed by atoms with Crippen LogP contribution in [-0.4, -0.2) is 30.4 Å². The van der Waals surface area contributed by atoms with E-state index < -0.39 is 23.8 Å². The lowest BCUT2D eigenvalue weighted by Gasteiger charge is -2.21. The van der Waals surface area contributed by atoms with Crippen LogP contribution in [0.5, 0.6) is 0 Å². The first kappa shape index (κ1) is 20.2. The number of halogens is 3. The summed E-state index contributed by atoms with van der Waals surface area (Å²) < 4.78 is 41.3. The molecule has 4 rings (SSSR count). The van der Waals surface area contributed by atoms with E-state index in [1.54, 1.807) is 11.5 Å². The molecule has 1 N–H and O–H groups in total. The Morgan fingerprint density at radius 2 is 1.90 bits per heavy atom. The highest BCUT2D eigenvalue weighted by molar-refractivity contribution is 5.92. The van der Waals surface area contributed by atoms with E-state index in [9.17, 15) is 18.0 Å². The van der Waals surface area contributed by atoms with Crippen LogP contribution in [0.4, 0.5) is 13.2 Å². The van der Waals surface area contributed by atoms with Crippen molar-refractivity contribution in [1.29, 1.82) is 0 Å². The van der Waals surface area contributed by atoms with E-state index in [-0.39, 0.29) is 17.7 Å². The van der Waals surface area contributed by atoms with Crippen LogP contribution in [0.25, 0.3) is 11.0 Å². The maximum Gasteiger partial charge on any atom is 0.433 e. The zero-order chi connectivity index (χ0) is 21.6. The summed E-state index contributed by atoms with van der Waals surface area (Å²) in [6.45, 7) is 5.51. The van der Waals surface area contributed by atoms with Gasteiger partial charge in [-0.1, -0.05) is 0 Å². The smallest absolute Gasteiger partial charge is 0.340 e. The molecule has 3 heterocycles. The van der Waals surface area contributed by atoms with Crippen molar-refractivity contribution in [2.24, 2.45) is 5.92 Å². The number of imidazole rings is 1. The van der Waals surface area contributed by atoms with Crippen LogP contribution in [-0.2, 0) is 6.18 Å². The molecule has 1 aliphatic carbocycles. The topological polar surface area (TPSA) is 85.6 Å². The quantitative estimate of drug-likeness (QED) is 0.677. The summed E-state index contributed by atoms with van der Waals surface area (Å²) in [7, 11) is 0. The van der Waals surface area contributed by atoms with E-state index in [4.69, 9.17) is 0 Å². The fraction of sp³-hybridized carbons (Fsp3) is 0.450. The molecule has 1 aliphatic rings. The lowest BCUT2D eigenvalue weighted by Crippen LogP contribution is -2.32. The molecular weight excluding hydrogens is 397 g/mol. The minimum Gasteiger partial charge on any atom is -0.340 e. The van der Waals surface area contributed by atoms with E-state index in [1.807, 2.05) is 13.8 Å². The molecule has 1 amide bonds. The summed E-state index contributed by atoms with van der Waals surface area (Å²) in [5.41, 5.74) is 0.615. The van der Waals surface area contributed by atoms with Crippen molar-refractivity contribution in [3.63, 3.8) is 0 Å². The van der Waals surface area contributed by atoms with Crippen molar-refractivity contribution >= 4 is 16.9 Å². The van der Waals surface area contributed by atoms with Crippen LogP contribution in [0.15, 0.2) is 24.7 Å². The number of fused-ring (bicyclic) bond motifs is 1. The van der Waals surface area contributed by atoms with E-state index in [1.165, 1.54) is 12.4 Å². The first-order chi connectivity index (χ1) is 14.1. The van der Waals surface area contributed by atoms with Crippen molar-refractivity contribution in [3.8, 4) is 0 Å². The van der Waals surface area contributed by atoms with Gasteiger partial charge in [-0.3, -0.25) is 9.78 Å². The predicted octanol–water partition coefficient (Wildman–Crippen LogP) is 4.01. The van der Waals surface area contributed by atoms with Gasteiger partial charge in [0.15, 0.2) is 0 Å². The van der Waals surface area contributed by atoms with Crippen molar-refractivity contribution < 1.29 is 18.0 Å². The minimum absolute atomic E-state index is 0.161. The number of pyridine rings is 1. The lowest BCUT2D eigenvalue weighted by molar-refractivity contribution is -0.141. The fourth-order valence-electron chi connectivity index (χ4n) is 3.48. The SMILES string of the molecule is Cc1cnc(C(=O)N[C@H](c2nc3cnc(C(F)(F)F)cc3n2C(C)C)C2CC2)cn1. The number of carbonyl (C=O) groups is 1. The molecule has 0 aromatic carbocycles. The highest BCUT2D eigenvalue weighted by atomic mass is 19.4. The van der Waals surface area contributed by atoms with Crippen LogP contribution >= 0.6 is 0 Å². The third-order valence-corrected chi connectivity index (χ3v) is 5.08. The molecule has 0 spiro atoms. The molecular formula is C20H21F3N6O. The zero-order valence-corrected chi connectivity index (χ0v) is 16.7. The summed E-state index contributed by atoms with van der Waals surface area (Å²) in [5.74, 6) is 0.296. The van der Waals surface area contributed by atoms with Gasteiger partial charge in [0.2, 0.25) is 0 Å². The fourth-order valence-corrected chi connectivity index (χ4v) is 3.48. The summed E-state index contributed by atoms with van der Waals surface area (Å²) in [6, 6.07) is 0.416. The molecule has 0 aliphatic heterocycles. The Hall–Kier alpha value is -3.04. The van der Waals surface area contributed by atoms with Crippen LogP contribution < -0.4 is 5.32 Å². The summed E-state index contributed by atoms with van der Waals surface area (Å²) >= 11 is 0. The Bertz CT molecular complexity index is 1090. The first-order valence-electron chi connectivity index (χ1n) is 9.69. The Labute approximate surface area is 170 Å². The molecule has 3 aromatic heterocycles. The van der Waals surface area contributed by atoms with Gasteiger partial charge in [0.25, 0.3) is 5.91 Å². The average Bonchev–Trinajstić information content (AvgIpc) is 3.44. The maximum atomic E-state index is 13.2. The second-order valence-electron chi connectivity index (χ2n) is 7.82. The van der Waals surface area contributed by atoms with Gasteiger partial charge in [-0.05, 0) is 45.6 Å². The average molecular weight is 418 g/mol. The number of aryl methyl sites for hydroxylation is 1. The third kappa shape index (κ3) is 3.86. The molecule has 30 heavy (non-hydrogen) atoms. The van der Waals surface area contributed by atoms with Crippen molar-refractivity contribution in [2.45, 2.75) is 51.9 Å². The molecule has 0 unspecified atom stereocenters. The Balaban J connectivity index is 1.75. The van der Waals surface area contributed by atoms with Gasteiger partial charge in [0, 0.05) is 12.2 Å². The minimum atomic E-state index is -4.55. The molecule has 7 nitrogen and oxygen atoms in total. The van der Waals surface area contributed by atoms with Crippen LogP contribution in [0.2, 0.25) is 0 Å². The van der Waals surface area contributed by atoms with Gasteiger partial charge in [-0.15, -0.1) is 0 Å². The number of alkyl halides is 3. The van der Waals surface area contributed by atoms with Gasteiger partial charge in [-0.25, -0.2) is 15.0 Å². The number of hydrogen-bond donors (Lipinski definition) is 1. The second kappa shape index (κ2) is 7.33. The van der Waals surface area contributed by atoms with Gasteiger partial charge >= 0.3 is 6.18 Å². The largest absolute Gasteiger partial charge is 0.433 e. The maximum absolute atomic E-state index is 13.2. The van der Waals surface area contributed by atoms with Crippen LogP contribution in [0.3, 0.4) is 0 Å². The second-order valence-corrected chi connectivity index (χ2v) is 7.82. The van der Waals surface area contributed by atoms with E-state index in [0.29, 0.717) is 22.6 Å². The van der Waals surface area contributed by atoms with E-state index in [0.717, 1.165) is 25.1 Å². The standard InChI is InChI=1S/C20H21F3N6O/c1-10(2)29-15-6-16(20(21,22)23)26-8-13(15)27-18(29)17(12-4-5-12)28-19(30)14-9-24-11(3)7-25-14/h6-10,12,17H,4-5H2,1-3H3,(H,28,30)/t17-/m0/s1. The Morgan fingerprint density at radius 3 is 2.47 bits per heavy atom. The highest BCUT2D eigenvalue weighted by Crippen LogP contribution is 2.42. The summed E-state index contributed by atoms with van der Waals surface area (Å²) in [4.78, 5) is 29.0. The van der Waals surface area contributed by atoms with Crippen LogP contribution in [0.1, 0.15) is 66.5 Å². The van der Waals surface area contributed by atoms with E-state index >= 15 is 0 Å². The molecule has 1 fully saturated rings. The number of amides is 1. The number of rotatable bonds is 5. The molecule has 1 saturated carbocycles. The number of hydrogen-bond acceptors (Lipinski definition) is 5. The third-order valence-electron chi connectivity index (χ3n) is 5.08. The molecule has 0 radical (unpaired) electrons. The highest BCUT2D eigenvalue weighted by Gasteiger charge is 2.38. The number of nitrogens with zero attached hydrogens (tertiary/aromatic N) is 5. The summed E-state index contributed by atoms with van der Waals surface area (Å²) in [6.07, 6.45) is 1.30. The van der Waals surface area contributed by atoms with Crippen molar-refractivity contribution in [2.75, 3.05) is 0 Å². The van der Waals surface area contributed by atoms with Gasteiger partial charge in [-0.2, -0.15) is 13.2 Å². The normalized spacial score (nSPS) is 15.6. The number of carbonyl (C=O) groups excluding carboxylic acids is 1. The number of aromatic nitrogens is 5.